The lowest BCUT2D eigenvalue weighted by molar-refractivity contribution is 0.358. The number of aliphatic hydroxyl groups excluding tert-OH is 1. The van der Waals surface area contributed by atoms with Crippen molar-refractivity contribution < 1.29 is 5.11 Å². The number of unbranched alkanes of at least 4 members (excludes halogenated alkanes) is 5. The predicted molar refractivity (Wildman–Crippen MR) is 94.2 cm³/mol. The van der Waals surface area contributed by atoms with Crippen molar-refractivity contribution in [3.8, 4) is 0 Å². The summed E-state index contributed by atoms with van der Waals surface area (Å²) in [6.07, 6.45) is 11.0. The van der Waals surface area contributed by atoms with Gasteiger partial charge in [-0.3, -0.25) is 0 Å². The highest BCUT2D eigenvalue weighted by molar-refractivity contribution is 6.87. The highest BCUT2D eigenvalue weighted by Crippen LogP contribution is 2.26. The Hall–Kier alpha value is 0.134. The van der Waals surface area contributed by atoms with Crippen LogP contribution in [-0.2, 0) is 0 Å². The lowest BCUT2D eigenvalue weighted by Crippen LogP contribution is -2.36. The maximum atomic E-state index is 9.53. The molecule has 114 valence electrons. The molecular formula is C16H36OSi2. The summed E-state index contributed by atoms with van der Waals surface area (Å²) in [5.74, 6) is 0. The van der Waals surface area contributed by atoms with E-state index in [2.05, 4.69) is 45.7 Å². The summed E-state index contributed by atoms with van der Waals surface area (Å²) in [4.78, 5) is 0. The first-order valence-corrected chi connectivity index (χ1v) is 14.9. The number of hydrogen-bond donors (Lipinski definition) is 1. The Kier molecular flexibility index (Phi) is 9.20. The molecule has 3 heteroatoms. The molecule has 0 fully saturated rings. The van der Waals surface area contributed by atoms with E-state index in [0.717, 1.165) is 0 Å². The summed E-state index contributed by atoms with van der Waals surface area (Å²) in [6.45, 7) is 14.2. The highest BCUT2D eigenvalue weighted by Gasteiger charge is 2.27. The van der Waals surface area contributed by atoms with Crippen molar-refractivity contribution in [2.75, 3.05) is 6.23 Å². The monoisotopic (exact) mass is 300 g/mol. The minimum atomic E-state index is -1.41. The molecule has 0 atom stereocenters. The van der Waals surface area contributed by atoms with Gasteiger partial charge >= 0.3 is 0 Å². The highest BCUT2D eigenvalue weighted by atomic mass is 28.3. The standard InChI is InChI=1S/C16H36OSi2/c1-7-8-9-10-11-12-13-16(18(2,3)4)14-19(5,6)15-17/h13,17H,7-12,14-15H2,1-6H3/b16-13-. The van der Waals surface area contributed by atoms with E-state index in [-0.39, 0.29) is 0 Å². The van der Waals surface area contributed by atoms with E-state index in [1.807, 2.05) is 0 Å². The van der Waals surface area contributed by atoms with Crippen LogP contribution in [0.2, 0.25) is 38.8 Å². The molecule has 0 rings (SSSR count). The molecule has 0 spiro atoms. The molecule has 0 saturated carbocycles. The van der Waals surface area contributed by atoms with E-state index in [4.69, 9.17) is 0 Å². The number of hydrogen-bond acceptors (Lipinski definition) is 1. The third-order valence-corrected chi connectivity index (χ3v) is 8.61. The number of rotatable bonds is 10. The molecule has 1 N–H and O–H groups in total. The van der Waals surface area contributed by atoms with Crippen molar-refractivity contribution in [1.29, 1.82) is 0 Å². The molecule has 0 aliphatic rings. The van der Waals surface area contributed by atoms with E-state index in [1.54, 1.807) is 5.20 Å². The summed E-state index contributed by atoms with van der Waals surface area (Å²) in [6, 6.07) is 1.20. The zero-order valence-electron chi connectivity index (χ0n) is 14.2. The van der Waals surface area contributed by atoms with Gasteiger partial charge in [-0.25, -0.2) is 0 Å². The first-order chi connectivity index (χ1) is 8.73. The van der Waals surface area contributed by atoms with Gasteiger partial charge in [0.1, 0.15) is 0 Å². The van der Waals surface area contributed by atoms with Crippen LogP contribution >= 0.6 is 0 Å². The molecule has 0 unspecified atom stereocenters. The second-order valence-corrected chi connectivity index (χ2v) is 17.8. The van der Waals surface area contributed by atoms with Crippen LogP contribution in [0.1, 0.15) is 45.4 Å². The molecule has 0 amide bonds. The second-order valence-electron chi connectivity index (χ2n) is 7.68. The minimum absolute atomic E-state index is 0.422. The maximum Gasteiger partial charge on any atom is 0.0808 e. The molecule has 0 aliphatic carbocycles. The molecule has 0 aromatic rings. The van der Waals surface area contributed by atoms with Crippen LogP contribution in [0.25, 0.3) is 0 Å². The van der Waals surface area contributed by atoms with E-state index < -0.39 is 16.1 Å². The van der Waals surface area contributed by atoms with Gasteiger partial charge in [0.05, 0.1) is 16.1 Å². The van der Waals surface area contributed by atoms with Gasteiger partial charge in [-0.1, -0.05) is 76.6 Å². The smallest absolute Gasteiger partial charge is 0.0808 e. The van der Waals surface area contributed by atoms with E-state index in [0.29, 0.717) is 6.23 Å². The average molecular weight is 301 g/mol. The topological polar surface area (TPSA) is 20.2 Å². The Balaban J connectivity index is 4.35. The summed E-state index contributed by atoms with van der Waals surface area (Å²) >= 11 is 0. The summed E-state index contributed by atoms with van der Waals surface area (Å²) in [5, 5.41) is 11.2. The molecule has 0 radical (unpaired) electrons. The fourth-order valence-corrected chi connectivity index (χ4v) is 7.84. The van der Waals surface area contributed by atoms with Crippen LogP contribution in [0.4, 0.5) is 0 Å². The van der Waals surface area contributed by atoms with E-state index in [1.165, 1.54) is 44.6 Å². The third-order valence-electron chi connectivity index (χ3n) is 3.76. The van der Waals surface area contributed by atoms with Crippen LogP contribution in [0, 0.1) is 0 Å². The lowest BCUT2D eigenvalue weighted by atomic mass is 10.1. The lowest BCUT2D eigenvalue weighted by Gasteiger charge is -2.28. The van der Waals surface area contributed by atoms with Crippen LogP contribution in [0.3, 0.4) is 0 Å². The number of aliphatic hydroxyl groups is 1. The fraction of sp³-hybridized carbons (Fsp3) is 0.875. The van der Waals surface area contributed by atoms with Gasteiger partial charge in [-0.05, 0) is 18.9 Å². The van der Waals surface area contributed by atoms with E-state index >= 15 is 0 Å². The molecule has 0 saturated heterocycles. The van der Waals surface area contributed by atoms with Crippen molar-refractivity contribution in [2.45, 2.75) is 84.2 Å². The molecule has 0 heterocycles. The quantitative estimate of drug-likeness (QED) is 0.423. The van der Waals surface area contributed by atoms with Gasteiger partial charge in [0.2, 0.25) is 0 Å². The Morgan fingerprint density at radius 3 is 2.00 bits per heavy atom. The van der Waals surface area contributed by atoms with Gasteiger partial charge in [0.25, 0.3) is 0 Å². The molecule has 0 aliphatic heterocycles. The van der Waals surface area contributed by atoms with Gasteiger partial charge in [0, 0.05) is 6.23 Å². The van der Waals surface area contributed by atoms with Gasteiger partial charge < -0.3 is 5.11 Å². The minimum Gasteiger partial charge on any atom is -0.400 e. The SMILES string of the molecule is CCCCCCC/C=C(/C[Si](C)(C)CO)[Si](C)(C)C. The maximum absolute atomic E-state index is 9.53. The number of allylic oxidation sites excluding steroid dienone is 2. The second kappa shape index (κ2) is 9.14. The normalized spacial score (nSPS) is 13.9. The Morgan fingerprint density at radius 2 is 1.53 bits per heavy atom. The summed E-state index contributed by atoms with van der Waals surface area (Å²) in [7, 11) is -2.61. The zero-order valence-corrected chi connectivity index (χ0v) is 16.2. The average Bonchev–Trinajstić information content (AvgIpc) is 2.30. The fourth-order valence-electron chi connectivity index (χ4n) is 2.24. The molecular weight excluding hydrogens is 264 g/mol. The van der Waals surface area contributed by atoms with Gasteiger partial charge in [-0.2, -0.15) is 0 Å². The molecule has 0 aromatic heterocycles. The summed E-state index contributed by atoms with van der Waals surface area (Å²) < 4.78 is 0. The van der Waals surface area contributed by atoms with Crippen molar-refractivity contribution in [1.82, 2.24) is 0 Å². The first kappa shape index (κ1) is 19.1. The Morgan fingerprint density at radius 1 is 0.947 bits per heavy atom. The van der Waals surface area contributed by atoms with Crippen LogP contribution in [-0.4, -0.2) is 27.5 Å². The van der Waals surface area contributed by atoms with Crippen LogP contribution < -0.4 is 0 Å². The molecule has 0 bridgehead atoms. The Bertz CT molecular complexity index is 264. The summed E-state index contributed by atoms with van der Waals surface area (Å²) in [5.41, 5.74) is 0. The van der Waals surface area contributed by atoms with Gasteiger partial charge in [-0.15, -0.1) is 0 Å². The van der Waals surface area contributed by atoms with Crippen molar-refractivity contribution >= 4 is 16.1 Å². The third kappa shape index (κ3) is 9.63. The zero-order chi connectivity index (χ0) is 14.9. The Labute approximate surface area is 123 Å². The van der Waals surface area contributed by atoms with Crippen molar-refractivity contribution in [2.24, 2.45) is 0 Å². The van der Waals surface area contributed by atoms with Crippen LogP contribution in [0.15, 0.2) is 11.3 Å². The first-order valence-electron chi connectivity index (χ1n) is 8.03. The predicted octanol–water partition coefficient (Wildman–Crippen LogP) is 5.39. The van der Waals surface area contributed by atoms with Crippen LogP contribution in [0.5, 0.6) is 0 Å². The molecule has 19 heavy (non-hydrogen) atoms. The van der Waals surface area contributed by atoms with Crippen molar-refractivity contribution in [3.05, 3.63) is 11.3 Å². The molecule has 1 nitrogen and oxygen atoms in total. The molecule has 0 aromatic carbocycles. The van der Waals surface area contributed by atoms with Crippen molar-refractivity contribution in [3.63, 3.8) is 0 Å². The largest absolute Gasteiger partial charge is 0.400 e. The van der Waals surface area contributed by atoms with E-state index in [9.17, 15) is 5.11 Å². The van der Waals surface area contributed by atoms with Gasteiger partial charge in [0.15, 0.2) is 0 Å².